The number of thiophene rings is 1. The number of rotatable bonds is 2. The van der Waals surface area contributed by atoms with Gasteiger partial charge in [-0.1, -0.05) is 29.8 Å². The molecule has 124 valence electrons. The molecule has 3 aromatic rings. The zero-order valence-corrected chi connectivity index (χ0v) is 14.7. The van der Waals surface area contributed by atoms with Crippen molar-refractivity contribution in [1.29, 1.82) is 0 Å². The fourth-order valence-electron chi connectivity index (χ4n) is 3.73. The number of hydrogen-bond donors (Lipinski definition) is 0. The fraction of sp³-hybridized carbons (Fsp3) is 0.412. The van der Waals surface area contributed by atoms with Crippen LogP contribution in [0.3, 0.4) is 0 Å². The van der Waals surface area contributed by atoms with Gasteiger partial charge in [0.25, 0.3) is 11.8 Å². The molecule has 6 rings (SSSR count). The molecule has 0 atom stereocenters. The van der Waals surface area contributed by atoms with Crippen LogP contribution in [0.25, 0.3) is 20.9 Å². The van der Waals surface area contributed by atoms with Gasteiger partial charge in [-0.15, -0.1) is 11.3 Å². The SMILES string of the molecule is Clc1c(-c2nc(N3CCN4CCC3CC4)no2)sc2ccccc12. The Bertz CT molecular complexity index is 884. The second-order valence-electron chi connectivity index (χ2n) is 6.41. The average Bonchev–Trinajstić information content (AvgIpc) is 3.10. The Kier molecular flexibility index (Phi) is 3.50. The van der Waals surface area contributed by atoms with Gasteiger partial charge in [-0.2, -0.15) is 4.98 Å². The minimum absolute atomic E-state index is 0.520. The minimum atomic E-state index is 0.520. The highest BCUT2D eigenvalue weighted by atomic mass is 35.5. The molecule has 0 unspecified atom stereocenters. The van der Waals surface area contributed by atoms with Crippen LogP contribution in [0.15, 0.2) is 28.8 Å². The van der Waals surface area contributed by atoms with E-state index in [2.05, 4.69) is 26.0 Å². The lowest BCUT2D eigenvalue weighted by molar-refractivity contribution is 0.250. The molecular formula is C17H17ClN4OS. The first-order valence-electron chi connectivity index (χ1n) is 8.30. The van der Waals surface area contributed by atoms with Gasteiger partial charge in [-0.05, 0) is 24.1 Å². The molecule has 3 aliphatic heterocycles. The van der Waals surface area contributed by atoms with Gasteiger partial charge in [-0.3, -0.25) is 0 Å². The third kappa shape index (κ3) is 2.32. The van der Waals surface area contributed by atoms with E-state index in [9.17, 15) is 0 Å². The van der Waals surface area contributed by atoms with Crippen molar-refractivity contribution in [3.63, 3.8) is 0 Å². The highest BCUT2D eigenvalue weighted by Gasteiger charge is 2.32. The summed E-state index contributed by atoms with van der Waals surface area (Å²) < 4.78 is 6.71. The number of fused-ring (bicyclic) bond motifs is 5. The summed E-state index contributed by atoms with van der Waals surface area (Å²) in [5, 5.41) is 6.00. The van der Waals surface area contributed by atoms with E-state index in [4.69, 9.17) is 16.1 Å². The van der Waals surface area contributed by atoms with Crippen LogP contribution in [0, 0.1) is 0 Å². The van der Waals surface area contributed by atoms with Gasteiger partial charge in [0, 0.05) is 42.3 Å². The molecule has 0 aliphatic carbocycles. The minimum Gasteiger partial charge on any atom is -0.334 e. The first-order chi connectivity index (χ1) is 11.8. The predicted octanol–water partition coefficient (Wildman–Crippen LogP) is 3.89. The molecule has 5 heterocycles. The van der Waals surface area contributed by atoms with E-state index < -0.39 is 0 Å². The van der Waals surface area contributed by atoms with Crippen LogP contribution in [0.2, 0.25) is 5.02 Å². The van der Waals surface area contributed by atoms with E-state index in [1.54, 1.807) is 11.3 Å². The van der Waals surface area contributed by atoms with Crippen molar-refractivity contribution in [3.8, 4) is 10.8 Å². The third-order valence-corrected chi connectivity index (χ3v) is 6.72. The summed E-state index contributed by atoms with van der Waals surface area (Å²) in [6, 6.07) is 8.62. The molecule has 2 bridgehead atoms. The van der Waals surface area contributed by atoms with E-state index in [1.807, 2.05) is 18.2 Å². The maximum absolute atomic E-state index is 6.54. The first kappa shape index (κ1) is 14.7. The number of benzene rings is 1. The molecule has 24 heavy (non-hydrogen) atoms. The smallest absolute Gasteiger partial charge is 0.271 e. The monoisotopic (exact) mass is 360 g/mol. The fourth-order valence-corrected chi connectivity index (χ4v) is 5.16. The van der Waals surface area contributed by atoms with E-state index in [0.29, 0.717) is 22.9 Å². The van der Waals surface area contributed by atoms with Crippen LogP contribution < -0.4 is 4.90 Å². The molecule has 0 N–H and O–H groups in total. The Morgan fingerprint density at radius 2 is 1.96 bits per heavy atom. The van der Waals surface area contributed by atoms with E-state index in [1.165, 1.54) is 25.9 Å². The summed E-state index contributed by atoms with van der Waals surface area (Å²) in [6.45, 7) is 4.38. The van der Waals surface area contributed by atoms with Crippen LogP contribution in [-0.4, -0.2) is 47.3 Å². The third-order valence-electron chi connectivity index (χ3n) is 5.06. The second-order valence-corrected chi connectivity index (χ2v) is 7.84. The molecule has 7 heteroatoms. The van der Waals surface area contributed by atoms with Crippen molar-refractivity contribution in [2.24, 2.45) is 0 Å². The van der Waals surface area contributed by atoms with Crippen molar-refractivity contribution in [1.82, 2.24) is 15.0 Å². The van der Waals surface area contributed by atoms with Crippen LogP contribution >= 0.6 is 22.9 Å². The highest BCUT2D eigenvalue weighted by Crippen LogP contribution is 2.41. The Morgan fingerprint density at radius 3 is 2.79 bits per heavy atom. The topological polar surface area (TPSA) is 45.4 Å². The molecule has 2 aromatic heterocycles. The Morgan fingerprint density at radius 1 is 1.12 bits per heavy atom. The second kappa shape index (κ2) is 5.72. The Hall–Kier alpha value is -1.63. The quantitative estimate of drug-likeness (QED) is 0.693. The van der Waals surface area contributed by atoms with E-state index >= 15 is 0 Å². The number of anilines is 1. The molecule has 3 fully saturated rings. The number of piperidine rings is 1. The van der Waals surface area contributed by atoms with Gasteiger partial charge in [0.1, 0.15) is 4.88 Å². The molecule has 1 aromatic carbocycles. The maximum Gasteiger partial charge on any atom is 0.271 e. The van der Waals surface area contributed by atoms with Gasteiger partial charge in [0.15, 0.2) is 0 Å². The van der Waals surface area contributed by atoms with Gasteiger partial charge in [-0.25, -0.2) is 0 Å². The summed E-state index contributed by atoms with van der Waals surface area (Å²) in [5.74, 6) is 1.22. The molecular weight excluding hydrogens is 344 g/mol. The lowest BCUT2D eigenvalue weighted by Gasteiger charge is -2.30. The molecule has 5 nitrogen and oxygen atoms in total. The van der Waals surface area contributed by atoms with Crippen LogP contribution in [0.4, 0.5) is 5.95 Å². The lowest BCUT2D eigenvalue weighted by Crippen LogP contribution is -2.38. The van der Waals surface area contributed by atoms with Gasteiger partial charge in [0.05, 0.1) is 5.02 Å². The average molecular weight is 361 g/mol. The lowest BCUT2D eigenvalue weighted by atomic mass is 10.1. The number of hydrogen-bond acceptors (Lipinski definition) is 6. The standard InChI is InChI=1S/C17H17ClN4OS/c18-14-12-3-1-2-4-13(12)24-15(14)16-19-17(20-23-16)22-10-9-21-7-5-11(22)6-8-21/h1-4,11H,5-10H2. The zero-order chi connectivity index (χ0) is 16.1. The number of nitrogens with zero attached hydrogens (tertiary/aromatic N) is 4. The molecule has 0 spiro atoms. The van der Waals surface area contributed by atoms with Crippen LogP contribution in [-0.2, 0) is 0 Å². The number of halogens is 1. The van der Waals surface area contributed by atoms with Gasteiger partial charge >= 0.3 is 0 Å². The van der Waals surface area contributed by atoms with E-state index in [0.717, 1.165) is 28.1 Å². The zero-order valence-electron chi connectivity index (χ0n) is 13.1. The highest BCUT2D eigenvalue weighted by molar-refractivity contribution is 7.23. The van der Waals surface area contributed by atoms with Crippen LogP contribution in [0.1, 0.15) is 12.8 Å². The van der Waals surface area contributed by atoms with Crippen molar-refractivity contribution in [2.75, 3.05) is 31.1 Å². The molecule has 0 amide bonds. The van der Waals surface area contributed by atoms with Crippen molar-refractivity contribution < 1.29 is 4.52 Å². The molecule has 0 saturated carbocycles. The Balaban J connectivity index is 1.51. The summed E-state index contributed by atoms with van der Waals surface area (Å²) >= 11 is 8.14. The normalized spacial score (nSPS) is 23.8. The van der Waals surface area contributed by atoms with Crippen molar-refractivity contribution >= 4 is 39.0 Å². The molecule has 3 aliphatic rings. The van der Waals surface area contributed by atoms with E-state index in [-0.39, 0.29) is 0 Å². The van der Waals surface area contributed by atoms with Gasteiger partial charge < -0.3 is 14.3 Å². The summed E-state index contributed by atoms with van der Waals surface area (Å²) in [7, 11) is 0. The summed E-state index contributed by atoms with van der Waals surface area (Å²) in [4.78, 5) is 10.4. The Labute approximate surface area is 148 Å². The molecule has 0 radical (unpaired) electrons. The largest absolute Gasteiger partial charge is 0.334 e. The first-order valence-corrected chi connectivity index (χ1v) is 9.49. The maximum atomic E-state index is 6.54. The van der Waals surface area contributed by atoms with Gasteiger partial charge in [0.2, 0.25) is 0 Å². The molecule has 3 saturated heterocycles. The summed E-state index contributed by atoms with van der Waals surface area (Å²) in [6.07, 6.45) is 2.35. The van der Waals surface area contributed by atoms with Crippen LogP contribution in [0.5, 0.6) is 0 Å². The van der Waals surface area contributed by atoms with Crippen molar-refractivity contribution in [3.05, 3.63) is 29.3 Å². The predicted molar refractivity (Wildman–Crippen MR) is 96.9 cm³/mol. The summed E-state index contributed by atoms with van der Waals surface area (Å²) in [5.41, 5.74) is 0. The van der Waals surface area contributed by atoms with Crippen molar-refractivity contribution in [2.45, 2.75) is 18.9 Å². The number of aromatic nitrogens is 2.